The topological polar surface area (TPSA) is 104 Å². The molecule has 3 aromatic rings. The van der Waals surface area contributed by atoms with Gasteiger partial charge in [-0.05, 0) is 49.2 Å². The summed E-state index contributed by atoms with van der Waals surface area (Å²) in [5.74, 6) is -2.32. The number of ketones is 1. The summed E-state index contributed by atoms with van der Waals surface area (Å²) in [4.78, 5) is 38.9. The normalized spacial score (nSPS) is 17.1. The number of carbonyl (C=O) groups is 3. The van der Waals surface area contributed by atoms with Crippen LogP contribution in [0, 0.1) is 0 Å². The molecule has 1 aliphatic rings. The molecule has 1 atom stereocenters. The second-order valence-electron chi connectivity index (χ2n) is 8.53. The van der Waals surface area contributed by atoms with Crippen LogP contribution in [0.15, 0.2) is 84.4 Å². The van der Waals surface area contributed by atoms with Crippen molar-refractivity contribution in [3.05, 3.63) is 107 Å². The van der Waals surface area contributed by atoms with Crippen LogP contribution < -0.4 is 4.74 Å². The predicted molar refractivity (Wildman–Crippen MR) is 130 cm³/mol. The third kappa shape index (κ3) is 4.94. The average Bonchev–Trinajstić information content (AvgIpc) is 3.09. The van der Waals surface area contributed by atoms with Crippen LogP contribution >= 0.6 is 0 Å². The number of hydrogen-bond acceptors (Lipinski definition) is 5. The maximum Gasteiger partial charge on any atom is 0.335 e. The molecule has 7 nitrogen and oxygen atoms in total. The number of aliphatic hydroxyl groups excluding tert-OH is 1. The highest BCUT2D eigenvalue weighted by atomic mass is 16.5. The first-order valence-corrected chi connectivity index (χ1v) is 11.2. The fraction of sp³-hybridized carbons (Fsp3) is 0.179. The second-order valence-corrected chi connectivity index (χ2v) is 8.53. The minimum atomic E-state index is -1.05. The Bertz CT molecular complexity index is 1290. The molecule has 178 valence electrons. The Morgan fingerprint density at radius 1 is 0.914 bits per heavy atom. The Morgan fingerprint density at radius 2 is 1.60 bits per heavy atom. The first kappa shape index (κ1) is 23.8. The SMILES string of the molecule is CC(C)Oc1cccc(/C(O)=C2\C(=O)C(=O)N(Cc3ccc(C(=O)O)cc3)C2c2ccccc2)c1. The van der Waals surface area contributed by atoms with Gasteiger partial charge >= 0.3 is 5.97 Å². The number of aromatic carboxylic acids is 1. The van der Waals surface area contributed by atoms with Crippen molar-refractivity contribution in [2.45, 2.75) is 32.5 Å². The first-order chi connectivity index (χ1) is 16.8. The fourth-order valence-electron chi connectivity index (χ4n) is 4.12. The van der Waals surface area contributed by atoms with Gasteiger partial charge in [-0.2, -0.15) is 0 Å². The molecule has 0 bridgehead atoms. The van der Waals surface area contributed by atoms with Gasteiger partial charge in [-0.3, -0.25) is 9.59 Å². The van der Waals surface area contributed by atoms with Crippen molar-refractivity contribution in [1.29, 1.82) is 0 Å². The Morgan fingerprint density at radius 3 is 2.23 bits per heavy atom. The maximum absolute atomic E-state index is 13.2. The van der Waals surface area contributed by atoms with E-state index in [1.54, 1.807) is 60.7 Å². The summed E-state index contributed by atoms with van der Waals surface area (Å²) < 4.78 is 5.72. The van der Waals surface area contributed by atoms with Gasteiger partial charge in [-0.1, -0.05) is 54.6 Å². The highest BCUT2D eigenvalue weighted by Gasteiger charge is 2.46. The number of hydrogen-bond donors (Lipinski definition) is 2. The summed E-state index contributed by atoms with van der Waals surface area (Å²) in [5.41, 5.74) is 1.81. The second kappa shape index (κ2) is 9.85. The molecule has 0 saturated carbocycles. The molecule has 0 aromatic heterocycles. The molecule has 3 aromatic carbocycles. The van der Waals surface area contributed by atoms with Crippen LogP contribution in [0.1, 0.15) is 46.9 Å². The van der Waals surface area contributed by atoms with Gasteiger partial charge in [-0.15, -0.1) is 0 Å². The van der Waals surface area contributed by atoms with Crippen molar-refractivity contribution in [3.8, 4) is 5.75 Å². The van der Waals surface area contributed by atoms with E-state index >= 15 is 0 Å². The molecule has 1 heterocycles. The molecule has 7 heteroatoms. The predicted octanol–water partition coefficient (Wildman–Crippen LogP) is 4.79. The number of ether oxygens (including phenoxy) is 1. The minimum Gasteiger partial charge on any atom is -0.507 e. The van der Waals surface area contributed by atoms with E-state index in [0.29, 0.717) is 22.4 Å². The van der Waals surface area contributed by atoms with Crippen LogP contribution in [0.4, 0.5) is 0 Å². The zero-order valence-electron chi connectivity index (χ0n) is 19.3. The third-order valence-corrected chi connectivity index (χ3v) is 5.69. The van der Waals surface area contributed by atoms with Crippen LogP contribution in [0.2, 0.25) is 0 Å². The summed E-state index contributed by atoms with van der Waals surface area (Å²) in [6, 6.07) is 21.1. The van der Waals surface area contributed by atoms with Crippen LogP contribution in [0.3, 0.4) is 0 Å². The number of carboxylic acid groups (broad SMARTS) is 1. The molecule has 1 fully saturated rings. The standard InChI is InChI=1S/C28H25NO6/c1-17(2)35-22-10-6-9-21(15-22)25(30)23-24(19-7-4-3-5-8-19)29(27(32)26(23)31)16-18-11-13-20(14-12-18)28(33)34/h3-15,17,24,30H,16H2,1-2H3,(H,33,34)/b25-23+. The van der Waals surface area contributed by atoms with Crippen LogP contribution in [0.5, 0.6) is 5.75 Å². The Labute approximate surface area is 202 Å². The van der Waals surface area contributed by atoms with Crippen molar-refractivity contribution in [2.75, 3.05) is 0 Å². The monoisotopic (exact) mass is 471 g/mol. The van der Waals surface area contributed by atoms with Crippen LogP contribution in [-0.2, 0) is 16.1 Å². The molecule has 1 unspecified atom stereocenters. The number of amides is 1. The summed E-state index contributed by atoms with van der Waals surface area (Å²) >= 11 is 0. The molecule has 0 aliphatic carbocycles. The highest BCUT2D eigenvalue weighted by molar-refractivity contribution is 6.46. The van der Waals surface area contributed by atoms with Crippen LogP contribution in [-0.4, -0.2) is 38.9 Å². The number of nitrogens with zero attached hydrogens (tertiary/aromatic N) is 1. The van der Waals surface area contributed by atoms with Crippen molar-refractivity contribution in [3.63, 3.8) is 0 Å². The summed E-state index contributed by atoms with van der Waals surface area (Å²) in [7, 11) is 0. The number of aliphatic hydroxyl groups is 1. The number of Topliss-reactive ketones (excluding diaryl/α,β-unsaturated/α-hetero) is 1. The van der Waals surface area contributed by atoms with E-state index in [0.717, 1.165) is 0 Å². The largest absolute Gasteiger partial charge is 0.507 e. The molecule has 1 amide bonds. The lowest BCUT2D eigenvalue weighted by molar-refractivity contribution is -0.140. The van der Waals surface area contributed by atoms with Crippen molar-refractivity contribution >= 4 is 23.4 Å². The molecule has 1 aliphatic heterocycles. The molecular formula is C28H25NO6. The molecule has 35 heavy (non-hydrogen) atoms. The minimum absolute atomic E-state index is 0.00921. The molecule has 2 N–H and O–H groups in total. The summed E-state index contributed by atoms with van der Waals surface area (Å²) in [6.07, 6.45) is -0.0742. The van der Waals surface area contributed by atoms with Gasteiger partial charge in [0, 0.05) is 12.1 Å². The van der Waals surface area contributed by atoms with Gasteiger partial charge in [0.1, 0.15) is 11.5 Å². The van der Waals surface area contributed by atoms with Gasteiger partial charge in [0.2, 0.25) is 0 Å². The lowest BCUT2D eigenvalue weighted by Gasteiger charge is -2.25. The zero-order chi connectivity index (χ0) is 25.1. The van der Waals surface area contributed by atoms with E-state index in [1.165, 1.54) is 17.0 Å². The van der Waals surface area contributed by atoms with E-state index in [4.69, 9.17) is 9.84 Å². The lowest BCUT2D eigenvalue weighted by Crippen LogP contribution is -2.29. The Balaban J connectivity index is 1.79. The van der Waals surface area contributed by atoms with Gasteiger partial charge in [0.25, 0.3) is 11.7 Å². The van der Waals surface area contributed by atoms with E-state index in [1.807, 2.05) is 19.9 Å². The molecule has 0 radical (unpaired) electrons. The number of carboxylic acids is 1. The summed E-state index contributed by atoms with van der Waals surface area (Å²) in [6.45, 7) is 3.84. The van der Waals surface area contributed by atoms with Crippen molar-refractivity contribution in [1.82, 2.24) is 4.90 Å². The Kier molecular flexibility index (Phi) is 6.68. The van der Waals surface area contributed by atoms with E-state index < -0.39 is 23.7 Å². The quantitative estimate of drug-likeness (QED) is 0.292. The van der Waals surface area contributed by atoms with Crippen molar-refractivity contribution in [2.24, 2.45) is 0 Å². The zero-order valence-corrected chi connectivity index (χ0v) is 19.3. The van der Waals surface area contributed by atoms with Crippen LogP contribution in [0.25, 0.3) is 5.76 Å². The fourth-order valence-corrected chi connectivity index (χ4v) is 4.12. The van der Waals surface area contributed by atoms with E-state index in [-0.39, 0.29) is 29.5 Å². The number of likely N-dealkylation sites (tertiary alicyclic amines) is 1. The highest BCUT2D eigenvalue weighted by Crippen LogP contribution is 2.40. The third-order valence-electron chi connectivity index (χ3n) is 5.69. The lowest BCUT2D eigenvalue weighted by atomic mass is 9.95. The summed E-state index contributed by atoms with van der Waals surface area (Å²) in [5, 5.41) is 20.4. The van der Waals surface area contributed by atoms with Gasteiger partial charge in [-0.25, -0.2) is 4.79 Å². The molecule has 4 rings (SSSR count). The first-order valence-electron chi connectivity index (χ1n) is 11.2. The number of benzene rings is 3. The molecular weight excluding hydrogens is 446 g/mol. The maximum atomic E-state index is 13.2. The number of carbonyl (C=O) groups excluding carboxylic acids is 2. The average molecular weight is 472 g/mol. The Hall–Kier alpha value is -4.39. The number of rotatable bonds is 7. The van der Waals surface area contributed by atoms with Gasteiger partial charge < -0.3 is 19.8 Å². The van der Waals surface area contributed by atoms with Gasteiger partial charge in [0.15, 0.2) is 0 Å². The molecule has 0 spiro atoms. The van der Waals surface area contributed by atoms with Crippen molar-refractivity contribution < 1.29 is 29.3 Å². The smallest absolute Gasteiger partial charge is 0.335 e. The van der Waals surface area contributed by atoms with E-state index in [2.05, 4.69) is 0 Å². The van der Waals surface area contributed by atoms with E-state index in [9.17, 15) is 19.5 Å². The molecule has 1 saturated heterocycles. The van der Waals surface area contributed by atoms with Gasteiger partial charge in [0.05, 0.1) is 23.3 Å².